The molecule has 1 aromatic carbocycles. The molecule has 2 heterocycles. The van der Waals surface area contributed by atoms with E-state index in [4.69, 9.17) is 4.74 Å². The van der Waals surface area contributed by atoms with Gasteiger partial charge in [-0.2, -0.15) is 0 Å². The standard InChI is InChI=1S/C27H36N2O3/c1-19-17-23(21-11-12-21)24(18-28-14-5-6-15-28)29(25(19)30)16-13-20-7-9-22(10-8-20)26(31)32-27(2,3)4/h7-10,17,21H,5-6,11-16,18H2,1-4H3. The zero-order valence-electron chi connectivity index (χ0n) is 19.9. The number of aromatic nitrogens is 1. The molecule has 4 rings (SSSR count). The summed E-state index contributed by atoms with van der Waals surface area (Å²) in [6.07, 6.45) is 5.72. The van der Waals surface area contributed by atoms with Gasteiger partial charge in [0.25, 0.3) is 5.56 Å². The molecule has 1 saturated carbocycles. The molecule has 0 spiro atoms. The van der Waals surface area contributed by atoms with E-state index >= 15 is 0 Å². The van der Waals surface area contributed by atoms with Crippen LogP contribution in [-0.2, 0) is 24.2 Å². The van der Waals surface area contributed by atoms with Gasteiger partial charge in [-0.25, -0.2) is 4.79 Å². The fourth-order valence-corrected chi connectivity index (χ4v) is 4.57. The average Bonchev–Trinajstić information content (AvgIpc) is 3.45. The minimum Gasteiger partial charge on any atom is -0.456 e. The minimum atomic E-state index is -0.507. The van der Waals surface area contributed by atoms with Gasteiger partial charge in [-0.05, 0) is 108 Å². The molecule has 2 fully saturated rings. The van der Waals surface area contributed by atoms with E-state index in [1.165, 1.54) is 36.9 Å². The first-order valence-corrected chi connectivity index (χ1v) is 12.0. The number of benzene rings is 1. The van der Waals surface area contributed by atoms with Crippen molar-refractivity contribution >= 4 is 5.97 Å². The summed E-state index contributed by atoms with van der Waals surface area (Å²) in [4.78, 5) is 27.9. The molecule has 0 bridgehead atoms. The number of pyridine rings is 1. The van der Waals surface area contributed by atoms with E-state index in [-0.39, 0.29) is 11.5 Å². The van der Waals surface area contributed by atoms with Crippen LogP contribution >= 0.6 is 0 Å². The molecular weight excluding hydrogens is 400 g/mol. The molecule has 1 saturated heterocycles. The van der Waals surface area contributed by atoms with Crippen molar-refractivity contribution in [1.29, 1.82) is 0 Å². The number of ether oxygens (including phenoxy) is 1. The van der Waals surface area contributed by atoms with Crippen LogP contribution in [0.15, 0.2) is 35.1 Å². The highest BCUT2D eigenvalue weighted by atomic mass is 16.6. The summed E-state index contributed by atoms with van der Waals surface area (Å²) in [7, 11) is 0. The Morgan fingerprint density at radius 2 is 1.75 bits per heavy atom. The molecule has 2 aliphatic rings. The molecule has 0 amide bonds. The van der Waals surface area contributed by atoms with Crippen molar-refractivity contribution in [2.24, 2.45) is 0 Å². The molecule has 0 N–H and O–H groups in total. The van der Waals surface area contributed by atoms with E-state index in [2.05, 4.69) is 11.0 Å². The van der Waals surface area contributed by atoms with Crippen LogP contribution in [0.4, 0.5) is 0 Å². The van der Waals surface area contributed by atoms with E-state index < -0.39 is 5.60 Å². The average molecular weight is 437 g/mol. The SMILES string of the molecule is Cc1cc(C2CC2)c(CN2CCCC2)n(CCc2ccc(C(=O)OC(C)(C)C)cc2)c1=O. The van der Waals surface area contributed by atoms with Crippen LogP contribution < -0.4 is 5.56 Å². The maximum atomic E-state index is 13.1. The highest BCUT2D eigenvalue weighted by molar-refractivity contribution is 5.89. The van der Waals surface area contributed by atoms with E-state index in [9.17, 15) is 9.59 Å². The number of likely N-dealkylation sites (tertiary alicyclic amines) is 1. The van der Waals surface area contributed by atoms with E-state index in [1.807, 2.05) is 56.5 Å². The lowest BCUT2D eigenvalue weighted by Gasteiger charge is -2.23. The lowest BCUT2D eigenvalue weighted by molar-refractivity contribution is 0.00695. The number of esters is 1. The molecule has 172 valence electrons. The topological polar surface area (TPSA) is 51.5 Å². The summed E-state index contributed by atoms with van der Waals surface area (Å²) in [5.74, 6) is 0.312. The Morgan fingerprint density at radius 1 is 1.09 bits per heavy atom. The van der Waals surface area contributed by atoms with Gasteiger partial charge in [0.05, 0.1) is 5.56 Å². The molecule has 1 aromatic heterocycles. The number of carbonyl (C=O) groups excluding carboxylic acids is 1. The zero-order valence-corrected chi connectivity index (χ0v) is 19.9. The predicted octanol–water partition coefficient (Wildman–Crippen LogP) is 4.83. The van der Waals surface area contributed by atoms with Gasteiger partial charge in [-0.15, -0.1) is 0 Å². The van der Waals surface area contributed by atoms with Crippen molar-refractivity contribution in [3.63, 3.8) is 0 Å². The van der Waals surface area contributed by atoms with Gasteiger partial charge >= 0.3 is 5.97 Å². The Hall–Kier alpha value is -2.40. The molecule has 32 heavy (non-hydrogen) atoms. The minimum absolute atomic E-state index is 0.133. The third kappa shape index (κ3) is 5.50. The van der Waals surface area contributed by atoms with Crippen LogP contribution in [0.2, 0.25) is 0 Å². The normalized spacial score (nSPS) is 17.0. The molecule has 0 unspecified atom stereocenters. The number of aryl methyl sites for hydroxylation is 2. The number of carbonyl (C=O) groups is 1. The first-order chi connectivity index (χ1) is 15.2. The molecule has 5 nitrogen and oxygen atoms in total. The summed E-state index contributed by atoms with van der Waals surface area (Å²) in [6, 6.07) is 9.74. The van der Waals surface area contributed by atoms with Gasteiger partial charge in [-0.3, -0.25) is 9.69 Å². The summed E-state index contributed by atoms with van der Waals surface area (Å²) < 4.78 is 7.48. The summed E-state index contributed by atoms with van der Waals surface area (Å²) in [5.41, 5.74) is 4.75. The summed E-state index contributed by atoms with van der Waals surface area (Å²) in [6.45, 7) is 11.3. The quantitative estimate of drug-likeness (QED) is 0.584. The Kier molecular flexibility index (Phi) is 6.57. The van der Waals surface area contributed by atoms with Crippen LogP contribution in [0, 0.1) is 6.92 Å². The number of nitrogens with zero attached hydrogens (tertiary/aromatic N) is 2. The molecule has 1 aliphatic carbocycles. The number of rotatable bonds is 7. The van der Waals surface area contributed by atoms with Crippen molar-refractivity contribution in [2.75, 3.05) is 13.1 Å². The van der Waals surface area contributed by atoms with Gasteiger partial charge in [-0.1, -0.05) is 12.1 Å². The summed E-state index contributed by atoms with van der Waals surface area (Å²) in [5, 5.41) is 0. The number of hydrogen-bond donors (Lipinski definition) is 0. The number of hydrogen-bond acceptors (Lipinski definition) is 4. The van der Waals surface area contributed by atoms with Gasteiger partial charge in [0, 0.05) is 24.3 Å². The highest BCUT2D eigenvalue weighted by Gasteiger charge is 2.29. The Balaban J connectivity index is 1.53. The Bertz CT molecular complexity index is 1020. The first-order valence-electron chi connectivity index (χ1n) is 12.0. The van der Waals surface area contributed by atoms with Crippen molar-refractivity contribution in [3.8, 4) is 0 Å². The maximum absolute atomic E-state index is 13.1. The molecule has 5 heteroatoms. The predicted molar refractivity (Wildman–Crippen MR) is 127 cm³/mol. The lowest BCUT2D eigenvalue weighted by Crippen LogP contribution is -2.31. The first kappa shape index (κ1) is 22.8. The van der Waals surface area contributed by atoms with Gasteiger partial charge < -0.3 is 9.30 Å². The third-order valence-corrected chi connectivity index (χ3v) is 6.42. The van der Waals surface area contributed by atoms with Crippen LogP contribution in [-0.4, -0.2) is 34.1 Å². The van der Waals surface area contributed by atoms with Crippen LogP contribution in [0.3, 0.4) is 0 Å². The molecule has 2 aromatic rings. The maximum Gasteiger partial charge on any atom is 0.338 e. The van der Waals surface area contributed by atoms with Gasteiger partial charge in [0.2, 0.25) is 0 Å². The smallest absolute Gasteiger partial charge is 0.338 e. The van der Waals surface area contributed by atoms with E-state index in [1.54, 1.807) is 0 Å². The van der Waals surface area contributed by atoms with E-state index in [0.717, 1.165) is 37.2 Å². The second kappa shape index (κ2) is 9.22. The second-order valence-electron chi connectivity index (χ2n) is 10.4. The van der Waals surface area contributed by atoms with Crippen molar-refractivity contribution < 1.29 is 9.53 Å². The van der Waals surface area contributed by atoms with Crippen LogP contribution in [0.1, 0.15) is 85.1 Å². The monoisotopic (exact) mass is 436 g/mol. The fourth-order valence-electron chi connectivity index (χ4n) is 4.57. The van der Waals surface area contributed by atoms with Gasteiger partial charge in [0.1, 0.15) is 5.60 Å². The highest BCUT2D eigenvalue weighted by Crippen LogP contribution is 2.42. The lowest BCUT2D eigenvalue weighted by atomic mass is 10.0. The summed E-state index contributed by atoms with van der Waals surface area (Å²) >= 11 is 0. The largest absolute Gasteiger partial charge is 0.456 e. The molecular formula is C27H36N2O3. The van der Waals surface area contributed by atoms with Crippen molar-refractivity contribution in [1.82, 2.24) is 9.47 Å². The van der Waals surface area contributed by atoms with Crippen LogP contribution in [0.5, 0.6) is 0 Å². The molecule has 1 aliphatic heterocycles. The zero-order chi connectivity index (χ0) is 22.9. The van der Waals surface area contributed by atoms with Gasteiger partial charge in [0.15, 0.2) is 0 Å². The Labute approximate surface area is 191 Å². The van der Waals surface area contributed by atoms with E-state index in [0.29, 0.717) is 18.0 Å². The third-order valence-electron chi connectivity index (χ3n) is 6.42. The second-order valence-corrected chi connectivity index (χ2v) is 10.4. The van der Waals surface area contributed by atoms with Crippen molar-refractivity contribution in [3.05, 3.63) is 68.6 Å². The fraction of sp³-hybridized carbons (Fsp3) is 0.556. The molecule has 0 atom stereocenters. The Morgan fingerprint density at radius 3 is 2.34 bits per heavy atom. The van der Waals surface area contributed by atoms with Crippen LogP contribution in [0.25, 0.3) is 0 Å². The molecule has 0 radical (unpaired) electrons. The van der Waals surface area contributed by atoms with Crippen molar-refractivity contribution in [2.45, 2.75) is 84.4 Å².